The monoisotopic (exact) mass is 354 g/mol. The number of nitrogens with two attached hydrogens (primary N) is 1. The van der Waals surface area contributed by atoms with Gasteiger partial charge in [-0.25, -0.2) is 9.97 Å². The van der Waals surface area contributed by atoms with Gasteiger partial charge in [0.15, 0.2) is 5.65 Å². The second-order valence-electron chi connectivity index (χ2n) is 7.49. The number of pyridine rings is 1. The van der Waals surface area contributed by atoms with E-state index in [0.29, 0.717) is 0 Å². The van der Waals surface area contributed by atoms with E-state index in [1.165, 1.54) is 12.0 Å². The maximum Gasteiger partial charge on any atom is 0.165 e. The van der Waals surface area contributed by atoms with Gasteiger partial charge in [0.25, 0.3) is 0 Å². The van der Waals surface area contributed by atoms with Crippen LogP contribution in [0.2, 0.25) is 0 Å². The molecule has 0 amide bonds. The van der Waals surface area contributed by atoms with E-state index in [2.05, 4.69) is 41.0 Å². The molecule has 134 valence electrons. The summed E-state index contributed by atoms with van der Waals surface area (Å²) in [5, 5.41) is 0. The summed E-state index contributed by atoms with van der Waals surface area (Å²) in [5.41, 5.74) is 12.5. The Kier molecular flexibility index (Phi) is 3.62. The van der Waals surface area contributed by atoms with E-state index in [9.17, 15) is 0 Å². The molecule has 4 heteroatoms. The SMILES string of the molecule is Cc1ccc2nc(-c3ccccc3)n(-c3ccc(C4(N)CCC4)cc3)c2n1. The largest absolute Gasteiger partial charge is 0.321 e. The van der Waals surface area contributed by atoms with Crippen molar-refractivity contribution in [3.63, 3.8) is 0 Å². The third-order valence-corrected chi connectivity index (χ3v) is 5.62. The molecule has 0 saturated heterocycles. The summed E-state index contributed by atoms with van der Waals surface area (Å²) in [5.74, 6) is 0.905. The van der Waals surface area contributed by atoms with Crippen molar-refractivity contribution in [1.82, 2.24) is 14.5 Å². The lowest BCUT2D eigenvalue weighted by atomic mass is 9.73. The molecule has 0 radical (unpaired) electrons. The van der Waals surface area contributed by atoms with Crippen LogP contribution in [-0.2, 0) is 5.54 Å². The quantitative estimate of drug-likeness (QED) is 0.578. The van der Waals surface area contributed by atoms with Crippen molar-refractivity contribution in [3.05, 3.63) is 78.0 Å². The molecule has 2 N–H and O–H groups in total. The van der Waals surface area contributed by atoms with Crippen molar-refractivity contribution in [2.75, 3.05) is 0 Å². The lowest BCUT2D eigenvalue weighted by Gasteiger charge is -2.38. The van der Waals surface area contributed by atoms with Gasteiger partial charge in [-0.1, -0.05) is 42.5 Å². The molecule has 0 unspecified atom stereocenters. The van der Waals surface area contributed by atoms with Gasteiger partial charge in [-0.3, -0.25) is 4.57 Å². The van der Waals surface area contributed by atoms with E-state index in [1.807, 2.05) is 37.3 Å². The molecule has 0 aliphatic heterocycles. The number of fused-ring (bicyclic) bond motifs is 1. The molecule has 0 bridgehead atoms. The Labute approximate surface area is 158 Å². The van der Waals surface area contributed by atoms with Crippen molar-refractivity contribution in [1.29, 1.82) is 0 Å². The van der Waals surface area contributed by atoms with E-state index in [4.69, 9.17) is 15.7 Å². The highest BCUT2D eigenvalue weighted by Gasteiger charge is 2.34. The summed E-state index contributed by atoms with van der Waals surface area (Å²) in [4.78, 5) is 9.65. The summed E-state index contributed by atoms with van der Waals surface area (Å²) in [6, 6.07) is 22.9. The molecule has 1 fully saturated rings. The van der Waals surface area contributed by atoms with E-state index in [-0.39, 0.29) is 5.54 Å². The molecule has 1 aliphatic carbocycles. The minimum absolute atomic E-state index is 0.146. The third kappa shape index (κ3) is 2.64. The van der Waals surface area contributed by atoms with Crippen LogP contribution in [0, 0.1) is 6.92 Å². The first-order valence-corrected chi connectivity index (χ1v) is 9.45. The van der Waals surface area contributed by atoms with Gasteiger partial charge in [-0.05, 0) is 56.0 Å². The van der Waals surface area contributed by atoms with Crippen molar-refractivity contribution in [2.24, 2.45) is 5.73 Å². The van der Waals surface area contributed by atoms with Gasteiger partial charge in [0, 0.05) is 22.5 Å². The van der Waals surface area contributed by atoms with Crippen molar-refractivity contribution in [2.45, 2.75) is 31.7 Å². The molecule has 2 heterocycles. The molecule has 1 aliphatic rings. The van der Waals surface area contributed by atoms with E-state index in [0.717, 1.165) is 46.8 Å². The van der Waals surface area contributed by atoms with Gasteiger partial charge < -0.3 is 5.73 Å². The third-order valence-electron chi connectivity index (χ3n) is 5.62. The van der Waals surface area contributed by atoms with Crippen LogP contribution in [0.5, 0.6) is 0 Å². The minimum Gasteiger partial charge on any atom is -0.321 e. The fraction of sp³-hybridized carbons (Fsp3) is 0.217. The van der Waals surface area contributed by atoms with Gasteiger partial charge in [0.2, 0.25) is 0 Å². The average molecular weight is 354 g/mol. The Bertz CT molecular complexity index is 1110. The van der Waals surface area contributed by atoms with Crippen molar-refractivity contribution in [3.8, 4) is 17.1 Å². The molecule has 5 rings (SSSR count). The molecule has 0 atom stereocenters. The highest BCUT2D eigenvalue weighted by atomic mass is 15.1. The zero-order valence-corrected chi connectivity index (χ0v) is 15.4. The van der Waals surface area contributed by atoms with E-state index in [1.54, 1.807) is 0 Å². The predicted octanol–water partition coefficient (Wildman–Crippen LogP) is 4.73. The van der Waals surface area contributed by atoms with E-state index < -0.39 is 0 Å². The minimum atomic E-state index is -0.146. The first-order chi connectivity index (χ1) is 13.1. The standard InChI is InChI=1S/C23H22N4/c1-16-8-13-20-22(25-16)27(21(26-20)17-6-3-2-4-7-17)19-11-9-18(10-12-19)23(24)14-5-15-23/h2-4,6-13H,5,14-15,24H2,1H3. The van der Waals surface area contributed by atoms with Crippen LogP contribution in [0.25, 0.3) is 28.2 Å². The lowest BCUT2D eigenvalue weighted by molar-refractivity contribution is 0.253. The zero-order valence-electron chi connectivity index (χ0n) is 15.4. The highest BCUT2D eigenvalue weighted by Crippen LogP contribution is 2.39. The zero-order chi connectivity index (χ0) is 18.4. The lowest BCUT2D eigenvalue weighted by Crippen LogP contribution is -2.43. The van der Waals surface area contributed by atoms with Gasteiger partial charge in [-0.15, -0.1) is 0 Å². The molecule has 2 aromatic carbocycles. The van der Waals surface area contributed by atoms with Crippen LogP contribution >= 0.6 is 0 Å². The van der Waals surface area contributed by atoms with Gasteiger partial charge in [-0.2, -0.15) is 0 Å². The van der Waals surface area contributed by atoms with Crippen LogP contribution in [0.3, 0.4) is 0 Å². The van der Waals surface area contributed by atoms with Crippen LogP contribution < -0.4 is 5.73 Å². The number of nitrogens with zero attached hydrogens (tertiary/aromatic N) is 3. The Morgan fingerprint density at radius 3 is 2.30 bits per heavy atom. The van der Waals surface area contributed by atoms with Gasteiger partial charge in [0.05, 0.1) is 0 Å². The van der Waals surface area contributed by atoms with Crippen LogP contribution in [-0.4, -0.2) is 14.5 Å². The maximum atomic E-state index is 6.49. The van der Waals surface area contributed by atoms with Crippen LogP contribution in [0.4, 0.5) is 0 Å². The topological polar surface area (TPSA) is 56.7 Å². The smallest absolute Gasteiger partial charge is 0.165 e. The summed E-state index contributed by atoms with van der Waals surface area (Å²) in [7, 11) is 0. The van der Waals surface area contributed by atoms with Gasteiger partial charge >= 0.3 is 0 Å². The number of hydrogen-bond acceptors (Lipinski definition) is 3. The van der Waals surface area contributed by atoms with Crippen molar-refractivity contribution < 1.29 is 0 Å². The molecule has 0 spiro atoms. The van der Waals surface area contributed by atoms with E-state index >= 15 is 0 Å². The Balaban J connectivity index is 1.70. The number of aryl methyl sites for hydroxylation is 1. The molecular formula is C23H22N4. The van der Waals surface area contributed by atoms with Crippen LogP contribution in [0.15, 0.2) is 66.7 Å². The predicted molar refractivity (Wildman–Crippen MR) is 109 cm³/mol. The number of benzene rings is 2. The first kappa shape index (κ1) is 16.2. The molecule has 4 aromatic rings. The molecule has 4 nitrogen and oxygen atoms in total. The summed E-state index contributed by atoms with van der Waals surface area (Å²) in [6.45, 7) is 2.01. The second-order valence-corrected chi connectivity index (χ2v) is 7.49. The summed E-state index contributed by atoms with van der Waals surface area (Å²) < 4.78 is 2.14. The average Bonchev–Trinajstić information content (AvgIpc) is 3.05. The summed E-state index contributed by atoms with van der Waals surface area (Å²) in [6.07, 6.45) is 3.35. The second kappa shape index (κ2) is 6.03. The fourth-order valence-electron chi connectivity index (χ4n) is 3.87. The van der Waals surface area contributed by atoms with Crippen LogP contribution in [0.1, 0.15) is 30.5 Å². The Morgan fingerprint density at radius 2 is 1.63 bits per heavy atom. The van der Waals surface area contributed by atoms with Gasteiger partial charge in [0.1, 0.15) is 11.3 Å². The molecule has 1 saturated carbocycles. The highest BCUT2D eigenvalue weighted by molar-refractivity contribution is 5.80. The summed E-state index contributed by atoms with van der Waals surface area (Å²) >= 11 is 0. The number of aromatic nitrogens is 3. The maximum absolute atomic E-state index is 6.49. The normalized spacial score (nSPS) is 15.6. The number of rotatable bonds is 3. The molecule has 2 aromatic heterocycles. The molecular weight excluding hydrogens is 332 g/mol. The first-order valence-electron chi connectivity index (χ1n) is 9.45. The molecule has 27 heavy (non-hydrogen) atoms. The van der Waals surface area contributed by atoms with Crippen molar-refractivity contribution >= 4 is 11.2 Å². The number of hydrogen-bond donors (Lipinski definition) is 1. The Morgan fingerprint density at radius 1 is 0.889 bits per heavy atom. The Hall–Kier alpha value is -2.98. The fourth-order valence-corrected chi connectivity index (χ4v) is 3.87. The number of imidazole rings is 1.